The number of ether oxygens (including phenoxy) is 2. The number of ketones is 1. The Kier molecular flexibility index (Phi) is 8.45. The quantitative estimate of drug-likeness (QED) is 0.565. The minimum atomic E-state index is -1.43. The van der Waals surface area contributed by atoms with Gasteiger partial charge in [-0.1, -0.05) is 60.7 Å². The van der Waals surface area contributed by atoms with E-state index in [0.29, 0.717) is 12.0 Å². The highest BCUT2D eigenvalue weighted by Gasteiger charge is 2.39. The van der Waals surface area contributed by atoms with Gasteiger partial charge in [-0.15, -0.1) is 12.4 Å². The molecule has 0 aliphatic carbocycles. The molecule has 0 bridgehead atoms. The number of benzene rings is 2. The van der Waals surface area contributed by atoms with Gasteiger partial charge in [0.1, 0.15) is 6.04 Å². The molecule has 0 saturated heterocycles. The molecule has 0 spiro atoms. The van der Waals surface area contributed by atoms with Crippen molar-refractivity contribution < 1.29 is 19.1 Å². The van der Waals surface area contributed by atoms with Gasteiger partial charge in [-0.2, -0.15) is 0 Å². The summed E-state index contributed by atoms with van der Waals surface area (Å²) >= 11 is 0. The fourth-order valence-corrected chi connectivity index (χ4v) is 2.56. The summed E-state index contributed by atoms with van der Waals surface area (Å²) in [7, 11) is 1.45. The normalized spacial score (nSPS) is 13.8. The molecule has 26 heavy (non-hydrogen) atoms. The zero-order valence-electron chi connectivity index (χ0n) is 14.9. The van der Waals surface area contributed by atoms with Gasteiger partial charge >= 0.3 is 5.97 Å². The molecular formula is C20H24ClNO4. The molecule has 2 rings (SSSR count). The van der Waals surface area contributed by atoms with Crippen molar-refractivity contribution in [2.75, 3.05) is 13.7 Å². The van der Waals surface area contributed by atoms with Gasteiger partial charge in [0.05, 0.1) is 6.61 Å². The summed E-state index contributed by atoms with van der Waals surface area (Å²) < 4.78 is 10.6. The summed E-state index contributed by atoms with van der Waals surface area (Å²) in [4.78, 5) is 25.2. The molecule has 0 aromatic heterocycles. The van der Waals surface area contributed by atoms with Gasteiger partial charge in [-0.3, -0.25) is 9.59 Å². The number of rotatable bonds is 8. The Labute approximate surface area is 159 Å². The Morgan fingerprint density at radius 3 is 2.12 bits per heavy atom. The average Bonchev–Trinajstić information content (AvgIpc) is 2.62. The lowest BCUT2D eigenvalue weighted by molar-refractivity contribution is -0.159. The zero-order valence-corrected chi connectivity index (χ0v) is 15.7. The van der Waals surface area contributed by atoms with Gasteiger partial charge in [0.25, 0.3) is 0 Å². The van der Waals surface area contributed by atoms with Crippen molar-refractivity contribution in [2.24, 2.45) is 5.73 Å². The first-order valence-corrected chi connectivity index (χ1v) is 8.07. The van der Waals surface area contributed by atoms with E-state index in [2.05, 4.69) is 0 Å². The smallest absolute Gasteiger partial charge is 0.324 e. The van der Waals surface area contributed by atoms with E-state index in [-0.39, 0.29) is 24.8 Å². The van der Waals surface area contributed by atoms with Gasteiger partial charge in [0.2, 0.25) is 5.78 Å². The van der Waals surface area contributed by atoms with E-state index in [1.807, 2.05) is 36.4 Å². The number of methoxy groups -OCH3 is 1. The number of halogens is 1. The number of Topliss-reactive ketones (excluding diaryl/α,β-unsaturated/α-hetero) is 1. The summed E-state index contributed by atoms with van der Waals surface area (Å²) in [5.74, 6) is -0.956. The largest absolute Gasteiger partial charge is 0.447 e. The Morgan fingerprint density at radius 1 is 1.04 bits per heavy atom. The van der Waals surface area contributed by atoms with Gasteiger partial charge in [0, 0.05) is 12.7 Å². The Morgan fingerprint density at radius 2 is 1.58 bits per heavy atom. The highest BCUT2D eigenvalue weighted by atomic mass is 35.5. The minimum Gasteiger partial charge on any atom is -0.447 e. The molecule has 2 N–H and O–H groups in total. The van der Waals surface area contributed by atoms with Gasteiger partial charge in [-0.25, -0.2) is 0 Å². The van der Waals surface area contributed by atoms with E-state index in [4.69, 9.17) is 15.2 Å². The van der Waals surface area contributed by atoms with E-state index in [0.717, 1.165) is 5.56 Å². The lowest BCUT2D eigenvalue weighted by Crippen LogP contribution is -2.48. The van der Waals surface area contributed by atoms with Crippen molar-refractivity contribution in [1.82, 2.24) is 0 Å². The van der Waals surface area contributed by atoms with Crippen LogP contribution in [0.15, 0.2) is 60.7 Å². The molecule has 1 unspecified atom stereocenters. The zero-order chi connectivity index (χ0) is 18.3. The second kappa shape index (κ2) is 10.1. The van der Waals surface area contributed by atoms with Crippen LogP contribution in [0.4, 0.5) is 0 Å². The second-order valence-electron chi connectivity index (χ2n) is 6.08. The topological polar surface area (TPSA) is 78.6 Å². The summed E-state index contributed by atoms with van der Waals surface area (Å²) in [6.07, 6.45) is 0.336. The van der Waals surface area contributed by atoms with Crippen LogP contribution in [0.25, 0.3) is 0 Å². The number of hydrogen-bond acceptors (Lipinski definition) is 5. The first-order chi connectivity index (χ1) is 12.0. The maximum absolute atomic E-state index is 12.8. The maximum atomic E-state index is 12.8. The number of carbonyl (C=O) groups is 2. The van der Waals surface area contributed by atoms with Crippen molar-refractivity contribution >= 4 is 24.2 Å². The van der Waals surface area contributed by atoms with Crippen LogP contribution in [0.5, 0.6) is 0 Å². The molecule has 0 heterocycles. The number of carbonyl (C=O) groups excluding carboxylic acids is 2. The van der Waals surface area contributed by atoms with Crippen LogP contribution in [-0.2, 0) is 20.7 Å². The first kappa shape index (κ1) is 21.8. The van der Waals surface area contributed by atoms with Gasteiger partial charge < -0.3 is 15.2 Å². The molecule has 0 fully saturated rings. The monoisotopic (exact) mass is 377 g/mol. The highest BCUT2D eigenvalue weighted by Crippen LogP contribution is 2.20. The molecule has 2 aromatic rings. The standard InChI is InChI=1S/C20H23NO4.ClH/c1-20(14-24-2,18(22)16-11-7-4-8-12-16)25-19(23)17(21)13-15-9-5-3-6-10-15;/h3-12,17H,13-14,21H2,1-2H3;1H/t17?,20-;/m0./s1. The lowest BCUT2D eigenvalue weighted by Gasteiger charge is -2.28. The summed E-state index contributed by atoms with van der Waals surface area (Å²) in [5, 5.41) is 0. The predicted octanol–water partition coefficient (Wildman–Crippen LogP) is 2.81. The van der Waals surface area contributed by atoms with Gasteiger partial charge in [-0.05, 0) is 18.9 Å². The number of hydrogen-bond donors (Lipinski definition) is 1. The average molecular weight is 378 g/mol. The molecule has 0 saturated carbocycles. The van der Waals surface area contributed by atoms with Crippen molar-refractivity contribution in [3.8, 4) is 0 Å². The summed E-state index contributed by atoms with van der Waals surface area (Å²) in [6.45, 7) is 1.49. The summed E-state index contributed by atoms with van der Waals surface area (Å²) in [6, 6.07) is 17.2. The maximum Gasteiger partial charge on any atom is 0.324 e. The third-order valence-corrected chi connectivity index (χ3v) is 3.86. The fraction of sp³-hybridized carbons (Fsp3) is 0.300. The molecular weight excluding hydrogens is 354 g/mol. The van der Waals surface area contributed by atoms with Crippen LogP contribution in [0.2, 0.25) is 0 Å². The van der Waals surface area contributed by atoms with E-state index >= 15 is 0 Å². The molecule has 2 atom stereocenters. The number of nitrogens with two attached hydrogens (primary N) is 1. The molecule has 6 heteroatoms. The molecule has 140 valence electrons. The Hall–Kier alpha value is -2.21. The molecule has 0 aliphatic heterocycles. The highest BCUT2D eigenvalue weighted by molar-refractivity contribution is 6.03. The van der Waals surface area contributed by atoms with E-state index in [9.17, 15) is 9.59 Å². The summed E-state index contributed by atoms with van der Waals surface area (Å²) in [5.41, 5.74) is 5.91. The van der Waals surface area contributed by atoms with Crippen molar-refractivity contribution in [1.29, 1.82) is 0 Å². The minimum absolute atomic E-state index is 0. The van der Waals surface area contributed by atoms with E-state index in [1.165, 1.54) is 7.11 Å². The Bertz CT molecular complexity index is 708. The predicted molar refractivity (Wildman–Crippen MR) is 103 cm³/mol. The van der Waals surface area contributed by atoms with Crippen LogP contribution in [-0.4, -0.2) is 37.1 Å². The third kappa shape index (κ3) is 5.66. The second-order valence-corrected chi connectivity index (χ2v) is 6.08. The SMILES string of the molecule is COC[C@](C)(OC(=O)C(N)Cc1ccccc1)C(=O)c1ccccc1.Cl. The van der Waals surface area contributed by atoms with Crippen LogP contribution in [0.1, 0.15) is 22.8 Å². The van der Waals surface area contributed by atoms with Crippen molar-refractivity contribution in [3.63, 3.8) is 0 Å². The first-order valence-electron chi connectivity index (χ1n) is 8.07. The van der Waals surface area contributed by atoms with Crippen LogP contribution >= 0.6 is 12.4 Å². The van der Waals surface area contributed by atoms with Crippen LogP contribution < -0.4 is 5.73 Å². The molecule has 0 radical (unpaired) electrons. The number of esters is 1. The van der Waals surface area contributed by atoms with Crippen molar-refractivity contribution in [3.05, 3.63) is 71.8 Å². The third-order valence-electron chi connectivity index (χ3n) is 3.86. The fourth-order valence-electron chi connectivity index (χ4n) is 2.56. The lowest BCUT2D eigenvalue weighted by atomic mass is 9.95. The van der Waals surface area contributed by atoms with Crippen LogP contribution in [0.3, 0.4) is 0 Å². The van der Waals surface area contributed by atoms with Crippen molar-refractivity contribution in [2.45, 2.75) is 25.0 Å². The van der Waals surface area contributed by atoms with E-state index < -0.39 is 17.6 Å². The van der Waals surface area contributed by atoms with E-state index in [1.54, 1.807) is 31.2 Å². The molecule has 0 aliphatic rings. The molecule has 5 nitrogen and oxygen atoms in total. The van der Waals surface area contributed by atoms with Crippen LogP contribution in [0, 0.1) is 0 Å². The molecule has 0 amide bonds. The Balaban J connectivity index is 0.00000338. The van der Waals surface area contributed by atoms with Gasteiger partial charge in [0.15, 0.2) is 5.60 Å². The molecule has 2 aromatic carbocycles.